The summed E-state index contributed by atoms with van der Waals surface area (Å²) in [5.41, 5.74) is -0.896. The molecule has 0 aliphatic heterocycles. The number of methoxy groups -OCH3 is 1. The molecule has 1 N–H and O–H groups in total. The van der Waals surface area contributed by atoms with Crippen molar-refractivity contribution in [2.45, 2.75) is 0 Å². The first-order valence-electron chi connectivity index (χ1n) is 4.58. The van der Waals surface area contributed by atoms with Crippen LogP contribution in [0.5, 0.6) is 5.06 Å². The second kappa shape index (κ2) is 4.35. The maximum atomic E-state index is 12.0. The smallest absolute Gasteiger partial charge is 0.346 e. The molecule has 4 nitrogen and oxygen atoms in total. The van der Waals surface area contributed by atoms with Crippen molar-refractivity contribution >= 4 is 39.0 Å². The number of hydrogen-bond donors (Lipinski definition) is 1. The normalized spacial score (nSPS) is 10.5. The first-order chi connectivity index (χ1) is 8.04. The molecule has 2 rings (SSSR count). The molecule has 0 radical (unpaired) electrons. The number of carbonyl (C=O) groups excluding carboxylic acids is 1. The van der Waals surface area contributed by atoms with E-state index in [0.29, 0.717) is 15.1 Å². The first kappa shape index (κ1) is 11.9. The second-order valence-corrected chi connectivity index (χ2v) is 4.71. The van der Waals surface area contributed by atoms with Crippen LogP contribution in [0.1, 0.15) is 10.4 Å². The molecule has 1 aromatic carbocycles. The lowest BCUT2D eigenvalue weighted by Crippen LogP contribution is -2.15. The summed E-state index contributed by atoms with van der Waals surface area (Å²) in [5, 5.41) is 10.1. The zero-order chi connectivity index (χ0) is 12.6. The Morgan fingerprint density at radius 1 is 1.47 bits per heavy atom. The number of benzene rings is 1. The van der Waals surface area contributed by atoms with Gasteiger partial charge < -0.3 is 9.84 Å². The lowest BCUT2D eigenvalue weighted by Gasteiger charge is -2.03. The molecule has 6 heteroatoms. The molecule has 0 unspecified atom stereocenters. The molecule has 0 aliphatic rings. The Bertz CT molecular complexity index is 662. The molecule has 88 valence electrons. The maximum absolute atomic E-state index is 12.0. The van der Waals surface area contributed by atoms with Crippen LogP contribution in [0, 0.1) is 0 Å². The number of rotatable bonds is 1. The average Bonchev–Trinajstić information content (AvgIpc) is 2.28. The van der Waals surface area contributed by atoms with E-state index in [4.69, 9.17) is 11.6 Å². The van der Waals surface area contributed by atoms with E-state index < -0.39 is 11.4 Å². The molecule has 0 aliphatic carbocycles. The van der Waals surface area contributed by atoms with Crippen molar-refractivity contribution in [2.24, 2.45) is 0 Å². The molecule has 1 heterocycles. The molecule has 0 spiro atoms. The van der Waals surface area contributed by atoms with Gasteiger partial charge in [0, 0.05) is 15.1 Å². The highest BCUT2D eigenvalue weighted by molar-refractivity contribution is 7.20. The van der Waals surface area contributed by atoms with E-state index in [2.05, 4.69) is 4.74 Å². The third-order valence-corrected chi connectivity index (χ3v) is 3.42. The van der Waals surface area contributed by atoms with Crippen molar-refractivity contribution in [1.29, 1.82) is 0 Å². The minimum absolute atomic E-state index is 0.331. The van der Waals surface area contributed by atoms with Crippen molar-refractivity contribution in [3.63, 3.8) is 0 Å². The molecular formula is C11H7ClO4S. The summed E-state index contributed by atoms with van der Waals surface area (Å²) in [4.78, 5) is 23.3. The SMILES string of the molecule is COC(=O)c1c(O)sc2cc(Cl)ccc2c1=O. The second-order valence-electron chi connectivity index (χ2n) is 3.24. The Kier molecular flexibility index (Phi) is 3.04. The van der Waals surface area contributed by atoms with Crippen molar-refractivity contribution < 1.29 is 14.6 Å². The van der Waals surface area contributed by atoms with E-state index in [1.165, 1.54) is 6.07 Å². The number of halogens is 1. The molecule has 0 saturated heterocycles. The van der Waals surface area contributed by atoms with Gasteiger partial charge in [-0.2, -0.15) is 0 Å². The quantitative estimate of drug-likeness (QED) is 0.808. The predicted molar refractivity (Wildman–Crippen MR) is 66.1 cm³/mol. The first-order valence-corrected chi connectivity index (χ1v) is 5.77. The summed E-state index contributed by atoms with van der Waals surface area (Å²) < 4.78 is 4.97. The summed E-state index contributed by atoms with van der Waals surface area (Å²) in [6.45, 7) is 0. The third kappa shape index (κ3) is 1.99. The van der Waals surface area contributed by atoms with Gasteiger partial charge in [-0.05, 0) is 18.2 Å². The fraction of sp³-hybridized carbons (Fsp3) is 0.0909. The third-order valence-electron chi connectivity index (χ3n) is 2.23. The van der Waals surface area contributed by atoms with Gasteiger partial charge in [-0.15, -0.1) is 0 Å². The number of carbonyl (C=O) groups is 1. The lowest BCUT2D eigenvalue weighted by molar-refractivity contribution is 0.0597. The standard InChI is InChI=1S/C11H7ClO4S/c1-16-10(14)8-9(13)6-3-2-5(12)4-7(6)17-11(8)15/h2-4,15H,1H3. The molecule has 2 aromatic rings. The number of fused-ring (bicyclic) bond motifs is 1. The average molecular weight is 271 g/mol. The van der Waals surface area contributed by atoms with Gasteiger partial charge in [0.25, 0.3) is 0 Å². The Morgan fingerprint density at radius 3 is 2.82 bits per heavy atom. The summed E-state index contributed by atoms with van der Waals surface area (Å²) in [6, 6.07) is 4.63. The van der Waals surface area contributed by atoms with E-state index in [1.807, 2.05) is 0 Å². The van der Waals surface area contributed by atoms with Gasteiger partial charge in [0.15, 0.2) is 10.6 Å². The van der Waals surface area contributed by atoms with Crippen LogP contribution in [0.25, 0.3) is 10.1 Å². The Hall–Kier alpha value is -1.59. The Labute approximate surface area is 105 Å². The van der Waals surface area contributed by atoms with E-state index >= 15 is 0 Å². The van der Waals surface area contributed by atoms with Crippen LogP contribution in [-0.4, -0.2) is 18.2 Å². The minimum Gasteiger partial charge on any atom is -0.499 e. The molecule has 0 saturated carbocycles. The van der Waals surface area contributed by atoms with Gasteiger partial charge >= 0.3 is 5.97 Å². The van der Waals surface area contributed by atoms with Crippen LogP contribution in [0.4, 0.5) is 0 Å². The van der Waals surface area contributed by atoms with E-state index in [0.717, 1.165) is 18.4 Å². The summed E-state index contributed by atoms with van der Waals surface area (Å²) >= 11 is 6.69. The van der Waals surface area contributed by atoms with Crippen LogP contribution >= 0.6 is 22.9 Å². The molecular weight excluding hydrogens is 264 g/mol. The highest BCUT2D eigenvalue weighted by Gasteiger charge is 2.19. The predicted octanol–water partition coefficient (Wildman–Crippen LogP) is 2.41. The number of aromatic hydroxyl groups is 1. The molecule has 0 fully saturated rings. The van der Waals surface area contributed by atoms with Gasteiger partial charge in [-0.1, -0.05) is 22.9 Å². The maximum Gasteiger partial charge on any atom is 0.346 e. The molecule has 0 amide bonds. The van der Waals surface area contributed by atoms with E-state index in [9.17, 15) is 14.7 Å². The van der Waals surface area contributed by atoms with Gasteiger partial charge in [0.2, 0.25) is 5.43 Å². The van der Waals surface area contributed by atoms with Gasteiger partial charge in [-0.25, -0.2) is 4.79 Å². The van der Waals surface area contributed by atoms with Gasteiger partial charge in [0.1, 0.15) is 0 Å². The fourth-order valence-corrected chi connectivity index (χ4v) is 2.62. The van der Waals surface area contributed by atoms with Crippen molar-refractivity contribution in [2.75, 3.05) is 7.11 Å². The summed E-state index contributed by atoms with van der Waals surface area (Å²) in [5.74, 6) is -0.847. The topological polar surface area (TPSA) is 63.6 Å². The van der Waals surface area contributed by atoms with Gasteiger partial charge in [0.05, 0.1) is 7.11 Å². The van der Waals surface area contributed by atoms with Crippen molar-refractivity contribution in [3.05, 3.63) is 39.0 Å². The Balaban J connectivity index is 2.86. The van der Waals surface area contributed by atoms with Crippen molar-refractivity contribution in [1.82, 2.24) is 0 Å². The number of hydrogen-bond acceptors (Lipinski definition) is 5. The number of esters is 1. The summed E-state index contributed by atoms with van der Waals surface area (Å²) in [6.07, 6.45) is 0. The highest BCUT2D eigenvalue weighted by atomic mass is 35.5. The summed E-state index contributed by atoms with van der Waals surface area (Å²) in [7, 11) is 1.15. The number of ether oxygens (including phenoxy) is 1. The van der Waals surface area contributed by atoms with E-state index in [1.54, 1.807) is 12.1 Å². The monoisotopic (exact) mass is 270 g/mol. The lowest BCUT2D eigenvalue weighted by atomic mass is 10.2. The zero-order valence-electron chi connectivity index (χ0n) is 8.69. The van der Waals surface area contributed by atoms with Crippen LogP contribution in [-0.2, 0) is 4.74 Å². The van der Waals surface area contributed by atoms with Crippen molar-refractivity contribution in [3.8, 4) is 5.06 Å². The van der Waals surface area contributed by atoms with Crippen LogP contribution in [0.15, 0.2) is 23.0 Å². The molecule has 0 bridgehead atoms. The van der Waals surface area contributed by atoms with E-state index in [-0.39, 0.29) is 10.6 Å². The largest absolute Gasteiger partial charge is 0.499 e. The van der Waals surface area contributed by atoms with Crippen LogP contribution in [0.3, 0.4) is 0 Å². The minimum atomic E-state index is -0.847. The fourth-order valence-electron chi connectivity index (χ4n) is 1.44. The molecule has 0 atom stereocenters. The van der Waals surface area contributed by atoms with Gasteiger partial charge in [-0.3, -0.25) is 4.79 Å². The Morgan fingerprint density at radius 2 is 2.18 bits per heavy atom. The van der Waals surface area contributed by atoms with Crippen LogP contribution in [0.2, 0.25) is 5.02 Å². The van der Waals surface area contributed by atoms with Crippen LogP contribution < -0.4 is 5.43 Å². The molecule has 1 aromatic heterocycles. The zero-order valence-corrected chi connectivity index (χ0v) is 10.3. The molecule has 17 heavy (non-hydrogen) atoms. The highest BCUT2D eigenvalue weighted by Crippen LogP contribution is 2.29.